The Bertz CT molecular complexity index is 566. The van der Waals surface area contributed by atoms with Gasteiger partial charge in [-0.05, 0) is 12.1 Å². The summed E-state index contributed by atoms with van der Waals surface area (Å²) in [5.41, 5.74) is -1.06. The van der Waals surface area contributed by atoms with Gasteiger partial charge in [0.15, 0.2) is 6.10 Å². The molecule has 4 N–H and O–H groups in total. The molecule has 1 aliphatic heterocycles. The Labute approximate surface area is 128 Å². The number of nitro benzene ring substituents is 1. The molecule has 0 radical (unpaired) electrons. The number of benzene rings is 1. The number of aliphatic hydroxyl groups is 4. The minimum absolute atomic E-state index is 0.390. The molecule has 4 unspecified atom stereocenters. The van der Waals surface area contributed by atoms with Crippen LogP contribution in [0.4, 0.5) is 14.5 Å². The SMILES string of the molecule is O=[N+]([O-])c1ccc(C(F)(F)[C@@H]2OC(CO)C(O)C(O)C2O)cc1. The average molecular weight is 335 g/mol. The zero-order chi connectivity index (χ0) is 17.4. The van der Waals surface area contributed by atoms with Crippen molar-refractivity contribution in [3.8, 4) is 0 Å². The first-order valence-corrected chi connectivity index (χ1v) is 6.63. The molecule has 8 nitrogen and oxygen atoms in total. The normalized spacial score (nSPS) is 31.8. The lowest BCUT2D eigenvalue weighted by Gasteiger charge is -2.42. The van der Waals surface area contributed by atoms with E-state index in [0.717, 1.165) is 24.3 Å². The monoisotopic (exact) mass is 335 g/mol. The van der Waals surface area contributed by atoms with Crippen LogP contribution in [0.3, 0.4) is 0 Å². The number of halogens is 2. The number of rotatable bonds is 4. The standard InChI is InChI=1S/C13H15F2NO7/c14-13(15,6-1-3-7(4-2-6)16(21)22)12-11(20)10(19)9(18)8(5-17)23-12/h1-4,8-12,17-20H,5H2/t8?,9?,10?,11?,12-/m1/s1. The van der Waals surface area contributed by atoms with Crippen LogP contribution >= 0.6 is 0 Å². The van der Waals surface area contributed by atoms with E-state index in [-0.39, 0.29) is 0 Å². The Morgan fingerprint density at radius 2 is 1.70 bits per heavy atom. The van der Waals surface area contributed by atoms with Gasteiger partial charge in [0.1, 0.15) is 24.4 Å². The van der Waals surface area contributed by atoms with Crippen molar-refractivity contribution in [3.05, 3.63) is 39.9 Å². The van der Waals surface area contributed by atoms with Gasteiger partial charge in [-0.15, -0.1) is 0 Å². The summed E-state index contributed by atoms with van der Waals surface area (Å²) in [6, 6.07) is 3.35. The summed E-state index contributed by atoms with van der Waals surface area (Å²) >= 11 is 0. The molecule has 128 valence electrons. The molecule has 23 heavy (non-hydrogen) atoms. The maximum Gasteiger partial charge on any atom is 0.301 e. The second-order valence-electron chi connectivity index (χ2n) is 5.18. The molecular weight excluding hydrogens is 320 g/mol. The topological polar surface area (TPSA) is 133 Å². The first-order chi connectivity index (χ1) is 10.7. The molecule has 10 heteroatoms. The van der Waals surface area contributed by atoms with E-state index in [1.807, 2.05) is 0 Å². The summed E-state index contributed by atoms with van der Waals surface area (Å²) in [6.45, 7) is -0.836. The molecule has 0 saturated carbocycles. The predicted molar refractivity (Wildman–Crippen MR) is 70.8 cm³/mol. The van der Waals surface area contributed by atoms with Crippen LogP contribution in [0, 0.1) is 10.1 Å². The molecule has 5 atom stereocenters. The highest BCUT2D eigenvalue weighted by Gasteiger charge is 2.55. The predicted octanol–water partition coefficient (Wildman–Crippen LogP) is -0.471. The van der Waals surface area contributed by atoms with Gasteiger partial charge in [0, 0.05) is 17.7 Å². The maximum atomic E-state index is 14.5. The number of nitrogens with zero attached hydrogens (tertiary/aromatic N) is 1. The van der Waals surface area contributed by atoms with Crippen LogP contribution in [0.1, 0.15) is 5.56 Å². The summed E-state index contributed by atoms with van der Waals surface area (Å²) < 4.78 is 33.8. The third kappa shape index (κ3) is 3.16. The van der Waals surface area contributed by atoms with E-state index < -0.39 is 59.2 Å². The van der Waals surface area contributed by atoms with Crippen LogP contribution in [0.25, 0.3) is 0 Å². The molecule has 1 heterocycles. The summed E-state index contributed by atoms with van der Waals surface area (Å²) in [7, 11) is 0. The molecule has 0 aliphatic carbocycles. The van der Waals surface area contributed by atoms with Gasteiger partial charge in [-0.25, -0.2) is 0 Å². The van der Waals surface area contributed by atoms with Crippen LogP contribution in [-0.4, -0.2) is 62.5 Å². The fourth-order valence-electron chi connectivity index (χ4n) is 2.37. The smallest absolute Gasteiger partial charge is 0.301 e. The molecular formula is C13H15F2NO7. The largest absolute Gasteiger partial charge is 0.394 e. The molecule has 0 spiro atoms. The van der Waals surface area contributed by atoms with Crippen molar-refractivity contribution in [1.82, 2.24) is 0 Å². The summed E-state index contributed by atoms with van der Waals surface area (Å²) in [5, 5.41) is 48.5. The van der Waals surface area contributed by atoms with E-state index in [1.54, 1.807) is 0 Å². The maximum absolute atomic E-state index is 14.5. The molecule has 0 amide bonds. The Kier molecular flexibility index (Phi) is 4.92. The lowest BCUT2D eigenvalue weighted by molar-refractivity contribution is -0.384. The minimum Gasteiger partial charge on any atom is -0.394 e. The van der Waals surface area contributed by atoms with Gasteiger partial charge >= 0.3 is 5.92 Å². The van der Waals surface area contributed by atoms with Crippen LogP contribution in [0.15, 0.2) is 24.3 Å². The molecule has 1 fully saturated rings. The van der Waals surface area contributed by atoms with Crippen LogP contribution < -0.4 is 0 Å². The quantitative estimate of drug-likeness (QED) is 0.432. The highest BCUT2D eigenvalue weighted by molar-refractivity contribution is 5.35. The van der Waals surface area contributed by atoms with E-state index in [2.05, 4.69) is 0 Å². The van der Waals surface area contributed by atoms with Crippen molar-refractivity contribution in [2.45, 2.75) is 36.4 Å². The Hall–Kier alpha value is -1.72. The molecule has 2 rings (SSSR count). The lowest BCUT2D eigenvalue weighted by atomic mass is 9.89. The molecule has 1 aliphatic rings. The first kappa shape index (κ1) is 17.6. The van der Waals surface area contributed by atoms with Crippen LogP contribution in [0.5, 0.6) is 0 Å². The van der Waals surface area contributed by atoms with Gasteiger partial charge in [0.25, 0.3) is 5.69 Å². The van der Waals surface area contributed by atoms with Crippen LogP contribution in [-0.2, 0) is 10.7 Å². The second kappa shape index (κ2) is 6.42. The summed E-state index contributed by atoms with van der Waals surface area (Å²) in [4.78, 5) is 9.79. The number of ether oxygens (including phenoxy) is 1. The fraction of sp³-hybridized carbons (Fsp3) is 0.538. The van der Waals surface area contributed by atoms with E-state index in [9.17, 15) is 34.2 Å². The van der Waals surface area contributed by atoms with Crippen molar-refractivity contribution in [2.75, 3.05) is 6.61 Å². The van der Waals surface area contributed by atoms with Crippen LogP contribution in [0.2, 0.25) is 0 Å². The Balaban J connectivity index is 2.31. The van der Waals surface area contributed by atoms with Gasteiger partial charge < -0.3 is 25.2 Å². The third-order valence-corrected chi connectivity index (χ3v) is 3.71. The summed E-state index contributed by atoms with van der Waals surface area (Å²) in [6.07, 6.45) is -9.51. The van der Waals surface area contributed by atoms with Gasteiger partial charge in [0.05, 0.1) is 11.5 Å². The zero-order valence-corrected chi connectivity index (χ0v) is 11.6. The van der Waals surface area contributed by atoms with Crippen molar-refractivity contribution in [1.29, 1.82) is 0 Å². The summed E-state index contributed by atoms with van der Waals surface area (Å²) in [5.74, 6) is -3.82. The number of nitro groups is 1. The number of alkyl halides is 2. The number of non-ortho nitro benzene ring substituents is 1. The highest BCUT2D eigenvalue weighted by atomic mass is 19.3. The number of hydrogen-bond donors (Lipinski definition) is 4. The van der Waals surface area contributed by atoms with Crippen molar-refractivity contribution >= 4 is 5.69 Å². The van der Waals surface area contributed by atoms with Gasteiger partial charge in [-0.2, -0.15) is 8.78 Å². The Morgan fingerprint density at radius 3 is 2.17 bits per heavy atom. The zero-order valence-electron chi connectivity index (χ0n) is 11.6. The minimum atomic E-state index is -3.82. The highest BCUT2D eigenvalue weighted by Crippen LogP contribution is 2.39. The molecule has 0 aromatic heterocycles. The second-order valence-corrected chi connectivity index (χ2v) is 5.18. The average Bonchev–Trinajstić information content (AvgIpc) is 2.52. The molecule has 1 aromatic carbocycles. The molecule has 1 aromatic rings. The van der Waals surface area contributed by atoms with E-state index in [0.29, 0.717) is 0 Å². The third-order valence-electron chi connectivity index (χ3n) is 3.71. The molecule has 1 saturated heterocycles. The fourth-order valence-corrected chi connectivity index (χ4v) is 2.37. The van der Waals surface area contributed by atoms with Gasteiger partial charge in [0.2, 0.25) is 0 Å². The van der Waals surface area contributed by atoms with Crippen molar-refractivity contribution in [2.24, 2.45) is 0 Å². The van der Waals surface area contributed by atoms with E-state index >= 15 is 0 Å². The molecule has 0 bridgehead atoms. The lowest BCUT2D eigenvalue weighted by Crippen LogP contribution is -2.62. The van der Waals surface area contributed by atoms with E-state index in [1.165, 1.54) is 0 Å². The van der Waals surface area contributed by atoms with Crippen molar-refractivity contribution in [3.63, 3.8) is 0 Å². The number of hydrogen-bond acceptors (Lipinski definition) is 7. The van der Waals surface area contributed by atoms with Crippen molar-refractivity contribution < 1.29 is 38.9 Å². The number of aliphatic hydroxyl groups excluding tert-OH is 4. The van der Waals surface area contributed by atoms with Gasteiger partial charge in [-0.3, -0.25) is 10.1 Å². The Morgan fingerprint density at radius 1 is 1.13 bits per heavy atom. The van der Waals surface area contributed by atoms with Gasteiger partial charge in [-0.1, -0.05) is 0 Å². The van der Waals surface area contributed by atoms with E-state index in [4.69, 9.17) is 9.84 Å². The first-order valence-electron chi connectivity index (χ1n) is 6.63.